The van der Waals surface area contributed by atoms with Crippen LogP contribution in [0.1, 0.15) is 0 Å². The third kappa shape index (κ3) is 3.55. The summed E-state index contributed by atoms with van der Waals surface area (Å²) in [6, 6.07) is 3.71. The smallest absolute Gasteiger partial charge is 0.227 e. The Bertz CT molecular complexity index is 572. The van der Waals surface area contributed by atoms with Crippen LogP contribution in [0.25, 0.3) is 11.4 Å². The second-order valence-corrected chi connectivity index (χ2v) is 4.88. The van der Waals surface area contributed by atoms with E-state index in [9.17, 15) is 4.79 Å². The largest absolute Gasteiger partial charge is 0.383 e. The van der Waals surface area contributed by atoms with Crippen LogP contribution in [-0.4, -0.2) is 45.1 Å². The fourth-order valence-electron chi connectivity index (χ4n) is 1.63. The average molecular weight is 293 g/mol. The summed E-state index contributed by atoms with van der Waals surface area (Å²) in [6.07, 6.45) is 3.39. The van der Waals surface area contributed by atoms with E-state index in [4.69, 9.17) is 10.5 Å². The molecule has 2 N–H and O–H groups in total. The molecule has 2 rings (SSSR count). The Morgan fingerprint density at radius 2 is 2.15 bits per heavy atom. The third-order valence-corrected chi connectivity index (χ3v) is 3.51. The van der Waals surface area contributed by atoms with Crippen LogP contribution in [0.5, 0.6) is 0 Å². The minimum atomic E-state index is -0.387. The topological polar surface area (TPSA) is 95.9 Å². The molecule has 0 radical (unpaired) electrons. The Kier molecular flexibility index (Phi) is 5.08. The molecule has 0 aliphatic rings. The highest BCUT2D eigenvalue weighted by Crippen LogP contribution is 2.23. The number of rotatable bonds is 7. The van der Waals surface area contributed by atoms with Crippen LogP contribution in [0.3, 0.4) is 0 Å². The lowest BCUT2D eigenvalue weighted by Crippen LogP contribution is -2.14. The second kappa shape index (κ2) is 7.01. The number of ether oxygens (including phenoxy) is 1. The van der Waals surface area contributed by atoms with E-state index in [1.54, 1.807) is 19.5 Å². The van der Waals surface area contributed by atoms with Crippen LogP contribution in [0.15, 0.2) is 29.7 Å². The molecule has 0 unspecified atom stereocenters. The first-order valence-electron chi connectivity index (χ1n) is 5.96. The Morgan fingerprint density at radius 1 is 1.40 bits per heavy atom. The van der Waals surface area contributed by atoms with E-state index in [0.29, 0.717) is 18.3 Å². The number of methoxy groups -OCH3 is 1. The lowest BCUT2D eigenvalue weighted by molar-refractivity contribution is -0.115. The summed E-state index contributed by atoms with van der Waals surface area (Å²) < 4.78 is 7.01. The molecule has 0 aromatic carbocycles. The van der Waals surface area contributed by atoms with Gasteiger partial charge in [0.2, 0.25) is 5.91 Å². The van der Waals surface area contributed by atoms with Crippen molar-refractivity contribution in [2.24, 2.45) is 5.73 Å². The third-order valence-electron chi connectivity index (χ3n) is 2.52. The fraction of sp³-hybridized carbons (Fsp3) is 0.333. The van der Waals surface area contributed by atoms with Gasteiger partial charge >= 0.3 is 0 Å². The number of nitrogens with two attached hydrogens (primary N) is 1. The number of nitrogens with zero attached hydrogens (tertiary/aromatic N) is 4. The highest BCUT2D eigenvalue weighted by atomic mass is 32.2. The van der Waals surface area contributed by atoms with Crippen molar-refractivity contribution in [3.63, 3.8) is 0 Å². The van der Waals surface area contributed by atoms with Crippen LogP contribution in [0.2, 0.25) is 0 Å². The zero-order chi connectivity index (χ0) is 14.4. The average Bonchev–Trinajstić information content (AvgIpc) is 2.86. The zero-order valence-electron chi connectivity index (χ0n) is 11.0. The predicted molar refractivity (Wildman–Crippen MR) is 75.0 cm³/mol. The maximum atomic E-state index is 10.9. The Labute approximate surface area is 120 Å². The summed E-state index contributed by atoms with van der Waals surface area (Å²) in [6.45, 7) is 1.13. The Balaban J connectivity index is 2.29. The lowest BCUT2D eigenvalue weighted by atomic mass is 10.2. The van der Waals surface area contributed by atoms with E-state index in [1.165, 1.54) is 11.8 Å². The molecule has 0 bridgehead atoms. The van der Waals surface area contributed by atoms with Gasteiger partial charge in [-0.2, -0.15) is 0 Å². The molecule has 0 saturated carbocycles. The molecular formula is C12H15N5O2S. The standard InChI is InChI=1S/C12H15N5O2S/c1-19-7-6-17-11(9-2-4-14-5-3-9)15-16-12(17)20-8-10(13)18/h2-5H,6-8H2,1H3,(H2,13,18). The molecule has 2 aromatic heterocycles. The second-order valence-electron chi connectivity index (χ2n) is 3.94. The molecule has 0 aliphatic heterocycles. The maximum absolute atomic E-state index is 10.9. The van der Waals surface area contributed by atoms with Gasteiger partial charge in [-0.05, 0) is 12.1 Å². The molecule has 0 fully saturated rings. The van der Waals surface area contributed by atoms with E-state index >= 15 is 0 Å². The van der Waals surface area contributed by atoms with Gasteiger partial charge in [0.05, 0.1) is 18.9 Å². The van der Waals surface area contributed by atoms with Gasteiger partial charge in [-0.25, -0.2) is 0 Å². The van der Waals surface area contributed by atoms with Gasteiger partial charge in [0.25, 0.3) is 0 Å². The van der Waals surface area contributed by atoms with Crippen molar-refractivity contribution in [2.45, 2.75) is 11.7 Å². The monoisotopic (exact) mass is 293 g/mol. The molecule has 0 saturated heterocycles. The molecule has 0 spiro atoms. The van der Waals surface area contributed by atoms with Crippen molar-refractivity contribution in [1.29, 1.82) is 0 Å². The predicted octanol–water partition coefficient (Wildman–Crippen LogP) is 0.564. The van der Waals surface area contributed by atoms with Gasteiger partial charge < -0.3 is 10.5 Å². The Hall–Kier alpha value is -1.93. The molecular weight excluding hydrogens is 278 g/mol. The number of thioether (sulfide) groups is 1. The Morgan fingerprint density at radius 3 is 2.80 bits per heavy atom. The molecule has 106 valence electrons. The van der Waals surface area contributed by atoms with Gasteiger partial charge in [-0.1, -0.05) is 11.8 Å². The van der Waals surface area contributed by atoms with Gasteiger partial charge in [0, 0.05) is 25.1 Å². The van der Waals surface area contributed by atoms with Crippen LogP contribution in [0, 0.1) is 0 Å². The summed E-state index contributed by atoms with van der Waals surface area (Å²) in [5.41, 5.74) is 6.07. The summed E-state index contributed by atoms with van der Waals surface area (Å²) in [5, 5.41) is 8.93. The zero-order valence-corrected chi connectivity index (χ0v) is 11.8. The fourth-order valence-corrected chi connectivity index (χ4v) is 2.33. The van der Waals surface area contributed by atoms with Gasteiger partial charge in [0.15, 0.2) is 11.0 Å². The number of amides is 1. The van der Waals surface area contributed by atoms with Gasteiger partial charge in [-0.15, -0.1) is 10.2 Å². The minimum Gasteiger partial charge on any atom is -0.383 e. The van der Waals surface area contributed by atoms with Crippen LogP contribution < -0.4 is 5.73 Å². The lowest BCUT2D eigenvalue weighted by Gasteiger charge is -2.08. The van der Waals surface area contributed by atoms with E-state index in [0.717, 1.165) is 11.4 Å². The molecule has 0 aliphatic carbocycles. The van der Waals surface area contributed by atoms with Crippen molar-refractivity contribution < 1.29 is 9.53 Å². The maximum Gasteiger partial charge on any atom is 0.227 e. The van der Waals surface area contributed by atoms with Crippen molar-refractivity contribution in [3.8, 4) is 11.4 Å². The summed E-state index contributed by atoms with van der Waals surface area (Å²) >= 11 is 1.26. The molecule has 8 heteroatoms. The van der Waals surface area contributed by atoms with Crippen LogP contribution in [-0.2, 0) is 16.1 Å². The van der Waals surface area contributed by atoms with Gasteiger partial charge in [0.1, 0.15) is 0 Å². The summed E-state index contributed by atoms with van der Waals surface area (Å²) in [5.74, 6) is 0.500. The van der Waals surface area contributed by atoms with Crippen molar-refractivity contribution >= 4 is 17.7 Å². The highest BCUT2D eigenvalue weighted by molar-refractivity contribution is 7.99. The van der Waals surface area contributed by atoms with Crippen molar-refractivity contribution in [3.05, 3.63) is 24.5 Å². The normalized spacial score (nSPS) is 10.7. The highest BCUT2D eigenvalue weighted by Gasteiger charge is 2.14. The number of pyridine rings is 1. The van der Waals surface area contributed by atoms with Crippen molar-refractivity contribution in [2.75, 3.05) is 19.5 Å². The van der Waals surface area contributed by atoms with E-state index in [-0.39, 0.29) is 11.7 Å². The van der Waals surface area contributed by atoms with Crippen LogP contribution in [0.4, 0.5) is 0 Å². The number of carbonyl (C=O) groups is 1. The number of hydrogen-bond donors (Lipinski definition) is 1. The van der Waals surface area contributed by atoms with E-state index in [2.05, 4.69) is 15.2 Å². The van der Waals surface area contributed by atoms with Crippen molar-refractivity contribution in [1.82, 2.24) is 19.7 Å². The molecule has 2 heterocycles. The first kappa shape index (κ1) is 14.5. The molecule has 7 nitrogen and oxygen atoms in total. The number of hydrogen-bond acceptors (Lipinski definition) is 6. The number of primary amides is 1. The molecule has 1 amide bonds. The quantitative estimate of drug-likeness (QED) is 0.749. The molecule has 2 aromatic rings. The SMILES string of the molecule is COCCn1c(SCC(N)=O)nnc1-c1ccncc1. The molecule has 20 heavy (non-hydrogen) atoms. The minimum absolute atomic E-state index is 0.168. The van der Waals surface area contributed by atoms with Crippen LogP contribution >= 0.6 is 11.8 Å². The number of aromatic nitrogens is 4. The van der Waals surface area contributed by atoms with E-state index in [1.807, 2.05) is 16.7 Å². The van der Waals surface area contributed by atoms with E-state index < -0.39 is 0 Å². The molecule has 0 atom stereocenters. The first-order chi connectivity index (χ1) is 9.72. The van der Waals surface area contributed by atoms with Gasteiger partial charge in [-0.3, -0.25) is 14.3 Å². The summed E-state index contributed by atoms with van der Waals surface area (Å²) in [4.78, 5) is 14.9. The first-order valence-corrected chi connectivity index (χ1v) is 6.94. The summed E-state index contributed by atoms with van der Waals surface area (Å²) in [7, 11) is 1.63. The number of carbonyl (C=O) groups excluding carboxylic acids is 1.